The van der Waals surface area contributed by atoms with Crippen molar-refractivity contribution in [3.63, 3.8) is 0 Å². The van der Waals surface area contributed by atoms with Gasteiger partial charge in [-0.2, -0.15) is 0 Å². The van der Waals surface area contributed by atoms with Gasteiger partial charge in [0, 0.05) is 31.1 Å². The molecule has 0 aliphatic rings. The molecular formula is C16H21N7S. The summed E-state index contributed by atoms with van der Waals surface area (Å²) in [4.78, 5) is 10.0. The van der Waals surface area contributed by atoms with Gasteiger partial charge in [0.2, 0.25) is 0 Å². The molecule has 0 radical (unpaired) electrons. The van der Waals surface area contributed by atoms with Gasteiger partial charge in [-0.1, -0.05) is 6.07 Å². The highest BCUT2D eigenvalue weighted by Gasteiger charge is 2.06. The summed E-state index contributed by atoms with van der Waals surface area (Å²) in [7, 11) is 1.76. The minimum Gasteiger partial charge on any atom is -0.356 e. The minimum atomic E-state index is 0.673. The number of hydrogen-bond acceptors (Lipinski definition) is 5. The zero-order valence-corrected chi connectivity index (χ0v) is 14.9. The Morgan fingerprint density at radius 2 is 2.12 bits per heavy atom. The van der Waals surface area contributed by atoms with Crippen LogP contribution in [0.3, 0.4) is 0 Å². The van der Waals surface area contributed by atoms with E-state index in [1.165, 1.54) is 4.88 Å². The molecule has 3 rings (SSSR count). The third kappa shape index (κ3) is 3.70. The van der Waals surface area contributed by atoms with Crippen LogP contribution >= 0.6 is 11.3 Å². The first kappa shape index (κ1) is 16.4. The average molecular weight is 343 g/mol. The number of guanidine groups is 1. The van der Waals surface area contributed by atoms with Gasteiger partial charge in [-0.25, -0.2) is 4.98 Å². The van der Waals surface area contributed by atoms with Crippen molar-refractivity contribution in [3.8, 4) is 0 Å². The molecular weight excluding hydrogens is 322 g/mol. The fraction of sp³-hybridized carbons (Fsp3) is 0.375. The molecule has 0 aromatic carbocycles. The number of aryl methyl sites for hydroxylation is 2. The Bertz CT molecular complexity index is 830. The minimum absolute atomic E-state index is 0.673. The second-order valence-corrected chi connectivity index (χ2v) is 6.68. The average Bonchev–Trinajstić information content (AvgIpc) is 3.14. The van der Waals surface area contributed by atoms with Crippen LogP contribution in [0.15, 0.2) is 29.4 Å². The van der Waals surface area contributed by atoms with Crippen LogP contribution in [0.4, 0.5) is 0 Å². The summed E-state index contributed by atoms with van der Waals surface area (Å²) in [6, 6.07) is 5.88. The molecule has 3 aromatic rings. The van der Waals surface area contributed by atoms with E-state index in [1.54, 1.807) is 18.4 Å². The number of rotatable bonds is 5. The van der Waals surface area contributed by atoms with Crippen molar-refractivity contribution in [1.82, 2.24) is 30.2 Å². The number of thiazole rings is 1. The van der Waals surface area contributed by atoms with Crippen LogP contribution in [-0.4, -0.2) is 39.1 Å². The predicted molar refractivity (Wildman–Crippen MR) is 96.5 cm³/mol. The molecule has 24 heavy (non-hydrogen) atoms. The van der Waals surface area contributed by atoms with Crippen LogP contribution in [0.1, 0.15) is 21.4 Å². The number of fused-ring (bicyclic) bond motifs is 1. The van der Waals surface area contributed by atoms with Gasteiger partial charge < -0.3 is 10.6 Å². The number of pyridine rings is 1. The largest absolute Gasteiger partial charge is 0.356 e. The topological polar surface area (TPSA) is 79.5 Å². The maximum absolute atomic E-state index is 4.52. The smallest absolute Gasteiger partial charge is 0.191 e. The van der Waals surface area contributed by atoms with Gasteiger partial charge in [0.25, 0.3) is 0 Å². The van der Waals surface area contributed by atoms with Gasteiger partial charge in [0.15, 0.2) is 11.6 Å². The highest BCUT2D eigenvalue weighted by molar-refractivity contribution is 7.11. The first-order chi connectivity index (χ1) is 11.7. The van der Waals surface area contributed by atoms with Crippen molar-refractivity contribution >= 4 is 22.9 Å². The van der Waals surface area contributed by atoms with Crippen molar-refractivity contribution in [2.75, 3.05) is 13.6 Å². The second kappa shape index (κ2) is 7.39. The van der Waals surface area contributed by atoms with Crippen molar-refractivity contribution in [2.45, 2.75) is 26.8 Å². The summed E-state index contributed by atoms with van der Waals surface area (Å²) >= 11 is 1.71. The molecule has 0 aliphatic carbocycles. The number of hydrogen-bond donors (Lipinski definition) is 2. The summed E-state index contributed by atoms with van der Waals surface area (Å²) in [5.74, 6) is 1.69. The lowest BCUT2D eigenvalue weighted by molar-refractivity contribution is 0.759. The Balaban J connectivity index is 1.51. The van der Waals surface area contributed by atoms with Crippen LogP contribution in [-0.2, 0) is 13.0 Å². The van der Waals surface area contributed by atoms with E-state index in [1.807, 2.05) is 35.7 Å². The van der Waals surface area contributed by atoms with E-state index in [-0.39, 0.29) is 0 Å². The van der Waals surface area contributed by atoms with E-state index < -0.39 is 0 Å². The third-order valence-electron chi connectivity index (χ3n) is 3.73. The fourth-order valence-electron chi connectivity index (χ4n) is 2.35. The molecule has 0 saturated carbocycles. The SMILES string of the molecule is CN=C(NCCc1nnc2ccccn12)NCc1nc(C)c(C)s1. The molecule has 0 atom stereocenters. The van der Waals surface area contributed by atoms with Gasteiger partial charge in [-0.05, 0) is 26.0 Å². The molecule has 0 fully saturated rings. The molecule has 8 heteroatoms. The van der Waals surface area contributed by atoms with Gasteiger partial charge in [0.1, 0.15) is 10.8 Å². The van der Waals surface area contributed by atoms with E-state index in [2.05, 4.69) is 37.7 Å². The number of nitrogens with zero attached hydrogens (tertiary/aromatic N) is 5. The summed E-state index contributed by atoms with van der Waals surface area (Å²) in [5.41, 5.74) is 1.96. The van der Waals surface area contributed by atoms with E-state index in [0.717, 1.165) is 41.1 Å². The molecule has 0 saturated heterocycles. The summed E-state index contributed by atoms with van der Waals surface area (Å²) in [6.45, 7) is 5.52. The zero-order chi connectivity index (χ0) is 16.9. The van der Waals surface area contributed by atoms with Crippen LogP contribution in [0.25, 0.3) is 5.65 Å². The summed E-state index contributed by atoms with van der Waals surface area (Å²) in [5, 5.41) is 16.0. The van der Waals surface area contributed by atoms with Gasteiger partial charge in [0.05, 0.1) is 12.2 Å². The van der Waals surface area contributed by atoms with E-state index in [9.17, 15) is 0 Å². The van der Waals surface area contributed by atoms with Gasteiger partial charge in [-0.15, -0.1) is 21.5 Å². The first-order valence-electron chi connectivity index (χ1n) is 7.83. The Morgan fingerprint density at radius 1 is 1.25 bits per heavy atom. The second-order valence-electron chi connectivity index (χ2n) is 5.40. The van der Waals surface area contributed by atoms with E-state index in [4.69, 9.17) is 0 Å². The Labute approximate surface area is 144 Å². The lowest BCUT2D eigenvalue weighted by Crippen LogP contribution is -2.38. The van der Waals surface area contributed by atoms with E-state index >= 15 is 0 Å². The standard InChI is InChI=1S/C16H21N7S/c1-11-12(2)24-15(20-11)10-19-16(17-3)18-8-7-14-22-21-13-6-4-5-9-23(13)14/h4-6,9H,7-8,10H2,1-3H3,(H2,17,18,19). The predicted octanol–water partition coefficient (Wildman–Crippen LogP) is 1.71. The first-order valence-corrected chi connectivity index (χ1v) is 8.65. The van der Waals surface area contributed by atoms with Crippen LogP contribution in [0, 0.1) is 13.8 Å². The maximum Gasteiger partial charge on any atom is 0.191 e. The quantitative estimate of drug-likeness (QED) is 0.545. The molecule has 0 unspecified atom stereocenters. The number of nitrogens with one attached hydrogen (secondary N) is 2. The third-order valence-corrected chi connectivity index (χ3v) is 4.80. The lowest BCUT2D eigenvalue weighted by Gasteiger charge is -2.10. The van der Waals surface area contributed by atoms with Crippen molar-refractivity contribution in [3.05, 3.63) is 45.8 Å². The summed E-state index contributed by atoms with van der Waals surface area (Å²) < 4.78 is 2.00. The molecule has 0 aliphatic heterocycles. The van der Waals surface area contributed by atoms with E-state index in [0.29, 0.717) is 6.54 Å². The monoisotopic (exact) mass is 343 g/mol. The van der Waals surface area contributed by atoms with Crippen LogP contribution in [0.5, 0.6) is 0 Å². The normalized spacial score (nSPS) is 11.9. The zero-order valence-electron chi connectivity index (χ0n) is 14.1. The molecule has 0 amide bonds. The molecule has 0 spiro atoms. The van der Waals surface area contributed by atoms with Crippen molar-refractivity contribution < 1.29 is 0 Å². The number of aromatic nitrogens is 4. The molecule has 2 N–H and O–H groups in total. The lowest BCUT2D eigenvalue weighted by atomic mass is 10.4. The van der Waals surface area contributed by atoms with Gasteiger partial charge >= 0.3 is 0 Å². The van der Waals surface area contributed by atoms with Crippen LogP contribution < -0.4 is 10.6 Å². The van der Waals surface area contributed by atoms with Crippen LogP contribution in [0.2, 0.25) is 0 Å². The molecule has 126 valence electrons. The fourth-order valence-corrected chi connectivity index (χ4v) is 3.22. The Morgan fingerprint density at radius 3 is 2.88 bits per heavy atom. The highest BCUT2D eigenvalue weighted by Crippen LogP contribution is 2.15. The highest BCUT2D eigenvalue weighted by atomic mass is 32.1. The van der Waals surface area contributed by atoms with Crippen molar-refractivity contribution in [1.29, 1.82) is 0 Å². The Hall–Kier alpha value is -2.48. The van der Waals surface area contributed by atoms with Crippen molar-refractivity contribution in [2.24, 2.45) is 4.99 Å². The molecule has 7 nitrogen and oxygen atoms in total. The molecule has 3 heterocycles. The Kier molecular flexibility index (Phi) is 5.05. The summed E-state index contributed by atoms with van der Waals surface area (Å²) in [6.07, 6.45) is 2.74. The molecule has 0 bridgehead atoms. The molecule has 3 aromatic heterocycles. The van der Waals surface area contributed by atoms with Gasteiger partial charge in [-0.3, -0.25) is 9.39 Å². The number of aliphatic imine (C=N–C) groups is 1. The maximum atomic E-state index is 4.52.